The number of carbonyl (C=O) groups is 1. The molecule has 23 heavy (non-hydrogen) atoms. The summed E-state index contributed by atoms with van der Waals surface area (Å²) in [5.74, 6) is -0.720. The van der Waals surface area contributed by atoms with Gasteiger partial charge in [0.2, 0.25) is 0 Å². The smallest absolute Gasteiger partial charge is 0.287 e. The summed E-state index contributed by atoms with van der Waals surface area (Å²) in [6.07, 6.45) is 0. The molecule has 0 aliphatic carbocycles. The molecule has 1 amide bonds. The van der Waals surface area contributed by atoms with Gasteiger partial charge in [-0.05, 0) is 25.1 Å². The van der Waals surface area contributed by atoms with Crippen molar-refractivity contribution >= 4 is 16.9 Å². The van der Waals surface area contributed by atoms with Crippen LogP contribution in [0.2, 0.25) is 0 Å². The van der Waals surface area contributed by atoms with Crippen molar-refractivity contribution in [2.45, 2.75) is 18.5 Å². The van der Waals surface area contributed by atoms with E-state index in [-0.39, 0.29) is 25.0 Å². The van der Waals surface area contributed by atoms with Crippen LogP contribution in [-0.4, -0.2) is 58.9 Å². The van der Waals surface area contributed by atoms with E-state index in [9.17, 15) is 14.3 Å². The van der Waals surface area contributed by atoms with Gasteiger partial charge in [-0.2, -0.15) is 0 Å². The number of H-pyrrole nitrogens is 1. The van der Waals surface area contributed by atoms with Gasteiger partial charge in [-0.25, -0.2) is 9.37 Å². The zero-order valence-electron chi connectivity index (χ0n) is 12.7. The number of imidazole rings is 1. The van der Waals surface area contributed by atoms with Crippen LogP contribution in [0.5, 0.6) is 0 Å². The molecule has 1 aromatic heterocycles. The van der Waals surface area contributed by atoms with E-state index in [1.807, 2.05) is 6.92 Å². The van der Waals surface area contributed by atoms with Crippen molar-refractivity contribution in [1.82, 2.24) is 20.6 Å². The lowest BCUT2D eigenvalue weighted by molar-refractivity contribution is -0.0205. The molecule has 0 radical (unpaired) electrons. The Morgan fingerprint density at radius 3 is 3.17 bits per heavy atom. The Hall–Kier alpha value is -2.03. The van der Waals surface area contributed by atoms with Crippen molar-refractivity contribution in [3.05, 3.63) is 29.8 Å². The maximum absolute atomic E-state index is 13.2. The molecule has 8 heteroatoms. The third-order valence-corrected chi connectivity index (χ3v) is 3.85. The third-order valence-electron chi connectivity index (χ3n) is 3.85. The Morgan fingerprint density at radius 1 is 1.61 bits per heavy atom. The largest absolute Gasteiger partial charge is 0.394 e. The Labute approximate surface area is 132 Å². The number of aliphatic hydroxyl groups is 1. The van der Waals surface area contributed by atoms with Gasteiger partial charge in [-0.1, -0.05) is 0 Å². The zero-order chi connectivity index (χ0) is 16.4. The highest BCUT2D eigenvalue weighted by molar-refractivity contribution is 5.94. The Bertz CT molecular complexity index is 720. The number of carbonyl (C=O) groups excluding carboxylic acids is 1. The first-order valence-electron chi connectivity index (χ1n) is 7.41. The predicted octanol–water partition coefficient (Wildman–Crippen LogP) is 0.171. The first kappa shape index (κ1) is 15.9. The van der Waals surface area contributed by atoms with Crippen molar-refractivity contribution in [3.63, 3.8) is 0 Å². The predicted molar refractivity (Wildman–Crippen MR) is 81.6 cm³/mol. The maximum atomic E-state index is 13.2. The second kappa shape index (κ2) is 6.23. The summed E-state index contributed by atoms with van der Waals surface area (Å²) < 4.78 is 18.6. The highest BCUT2D eigenvalue weighted by Crippen LogP contribution is 2.14. The van der Waals surface area contributed by atoms with Crippen molar-refractivity contribution in [2.24, 2.45) is 0 Å². The number of halogens is 1. The summed E-state index contributed by atoms with van der Waals surface area (Å²) in [5, 5.41) is 15.6. The summed E-state index contributed by atoms with van der Waals surface area (Å²) in [6, 6.07) is 4.16. The minimum absolute atomic E-state index is 0.0852. The minimum atomic E-state index is -0.717. The molecule has 1 fully saturated rings. The highest BCUT2D eigenvalue weighted by atomic mass is 19.1. The fourth-order valence-corrected chi connectivity index (χ4v) is 2.71. The number of ether oxygens (including phenoxy) is 1. The molecule has 1 aliphatic rings. The van der Waals surface area contributed by atoms with Crippen LogP contribution in [0.3, 0.4) is 0 Å². The Kier molecular flexibility index (Phi) is 4.29. The van der Waals surface area contributed by atoms with E-state index in [2.05, 4.69) is 20.6 Å². The van der Waals surface area contributed by atoms with Crippen molar-refractivity contribution < 1.29 is 19.0 Å². The molecule has 1 saturated heterocycles. The summed E-state index contributed by atoms with van der Waals surface area (Å²) in [4.78, 5) is 19.2. The summed E-state index contributed by atoms with van der Waals surface area (Å²) in [5.41, 5.74) is 0.256. The first-order chi connectivity index (χ1) is 11.0. The number of benzene rings is 1. The van der Waals surface area contributed by atoms with E-state index >= 15 is 0 Å². The van der Waals surface area contributed by atoms with Crippen molar-refractivity contribution in [3.8, 4) is 0 Å². The first-order valence-corrected chi connectivity index (χ1v) is 7.41. The molecule has 0 bridgehead atoms. The van der Waals surface area contributed by atoms with Gasteiger partial charge in [0.05, 0.1) is 36.4 Å². The SMILES string of the molecule is C[C@@H]1COC[C@@](CO)(CNC(=O)c2nc3ccc(F)cc3[nH]2)N1. The monoisotopic (exact) mass is 322 g/mol. The molecule has 0 unspecified atom stereocenters. The molecule has 2 heterocycles. The van der Waals surface area contributed by atoms with E-state index in [4.69, 9.17) is 4.74 Å². The lowest BCUT2D eigenvalue weighted by Gasteiger charge is -2.39. The van der Waals surface area contributed by atoms with Crippen LogP contribution in [-0.2, 0) is 4.74 Å². The number of aliphatic hydroxyl groups excluding tert-OH is 1. The summed E-state index contributed by atoms with van der Waals surface area (Å²) in [6.45, 7) is 2.84. The van der Waals surface area contributed by atoms with Gasteiger partial charge in [0.1, 0.15) is 5.82 Å². The number of hydrogen-bond acceptors (Lipinski definition) is 5. The van der Waals surface area contributed by atoms with Gasteiger partial charge in [0.25, 0.3) is 5.91 Å². The van der Waals surface area contributed by atoms with Gasteiger partial charge < -0.3 is 25.5 Å². The number of nitrogens with zero attached hydrogens (tertiary/aromatic N) is 1. The molecule has 0 saturated carbocycles. The fraction of sp³-hybridized carbons (Fsp3) is 0.467. The van der Waals surface area contributed by atoms with Gasteiger partial charge >= 0.3 is 0 Å². The van der Waals surface area contributed by atoms with Crippen LogP contribution < -0.4 is 10.6 Å². The molecule has 1 aromatic carbocycles. The topological polar surface area (TPSA) is 99.3 Å². The molecular weight excluding hydrogens is 303 g/mol. The normalized spacial score (nSPS) is 24.7. The summed E-state index contributed by atoms with van der Waals surface area (Å²) in [7, 11) is 0. The van der Waals surface area contributed by atoms with Crippen LogP contribution >= 0.6 is 0 Å². The van der Waals surface area contributed by atoms with Crippen LogP contribution in [0.4, 0.5) is 4.39 Å². The van der Waals surface area contributed by atoms with Gasteiger partial charge in [-0.3, -0.25) is 4.79 Å². The average molecular weight is 322 g/mol. The van der Waals surface area contributed by atoms with Crippen LogP contribution in [0.25, 0.3) is 11.0 Å². The minimum Gasteiger partial charge on any atom is -0.394 e. The number of fused-ring (bicyclic) bond motifs is 1. The molecule has 2 aromatic rings. The third kappa shape index (κ3) is 3.34. The van der Waals surface area contributed by atoms with Gasteiger partial charge in [0.15, 0.2) is 5.82 Å². The number of aromatic amines is 1. The molecule has 4 N–H and O–H groups in total. The molecule has 3 rings (SSSR count). The average Bonchev–Trinajstić information content (AvgIpc) is 2.96. The van der Waals surface area contributed by atoms with Crippen LogP contribution in [0.1, 0.15) is 17.5 Å². The number of hydrogen-bond donors (Lipinski definition) is 4. The second-order valence-corrected chi connectivity index (χ2v) is 5.93. The van der Waals surface area contributed by atoms with Gasteiger partial charge in [0, 0.05) is 12.6 Å². The van der Waals surface area contributed by atoms with Crippen molar-refractivity contribution in [1.29, 1.82) is 0 Å². The molecular formula is C15H19FN4O3. The van der Waals surface area contributed by atoms with E-state index in [1.54, 1.807) is 0 Å². The summed E-state index contributed by atoms with van der Waals surface area (Å²) >= 11 is 0. The zero-order valence-corrected chi connectivity index (χ0v) is 12.7. The number of morpholine rings is 1. The number of aromatic nitrogens is 2. The number of nitrogens with one attached hydrogen (secondary N) is 3. The molecule has 124 valence electrons. The molecule has 1 aliphatic heterocycles. The lowest BCUT2D eigenvalue weighted by atomic mass is 9.99. The van der Waals surface area contributed by atoms with E-state index in [0.29, 0.717) is 24.2 Å². The number of amides is 1. The fourth-order valence-electron chi connectivity index (χ4n) is 2.71. The second-order valence-electron chi connectivity index (χ2n) is 5.93. The molecule has 7 nitrogen and oxygen atoms in total. The van der Waals surface area contributed by atoms with Crippen LogP contribution in [0.15, 0.2) is 18.2 Å². The maximum Gasteiger partial charge on any atom is 0.287 e. The van der Waals surface area contributed by atoms with Crippen molar-refractivity contribution in [2.75, 3.05) is 26.4 Å². The van der Waals surface area contributed by atoms with E-state index in [0.717, 1.165) is 0 Å². The Morgan fingerprint density at radius 2 is 2.43 bits per heavy atom. The lowest BCUT2D eigenvalue weighted by Crippen LogP contribution is -2.65. The standard InChI is InChI=1S/C15H19FN4O3/c1-9-5-23-8-15(7-21,20-9)6-17-14(22)13-18-11-3-2-10(16)4-12(11)19-13/h2-4,9,20-21H,5-8H2,1H3,(H,17,22)(H,18,19)/t9-,15+/m1/s1. The number of rotatable bonds is 4. The Balaban J connectivity index is 1.70. The quantitative estimate of drug-likeness (QED) is 0.643. The molecule has 2 atom stereocenters. The van der Waals surface area contributed by atoms with E-state index in [1.165, 1.54) is 18.2 Å². The highest BCUT2D eigenvalue weighted by Gasteiger charge is 2.35. The van der Waals surface area contributed by atoms with Crippen LogP contribution in [0, 0.1) is 5.82 Å². The van der Waals surface area contributed by atoms with E-state index < -0.39 is 17.3 Å². The van der Waals surface area contributed by atoms with Gasteiger partial charge in [-0.15, -0.1) is 0 Å². The molecule has 0 spiro atoms.